The molecular weight excluding hydrogens is 634 g/mol. The zero-order valence-electron chi connectivity index (χ0n) is 32.4. The van der Waals surface area contributed by atoms with Crippen LogP contribution in [0, 0.1) is 0 Å². The Morgan fingerprint density at radius 3 is 1.42 bits per heavy atom. The molecule has 1 saturated heterocycles. The molecule has 298 valence electrons. The van der Waals surface area contributed by atoms with E-state index in [9.17, 15) is 30.3 Å². The molecule has 1 aliphatic rings. The van der Waals surface area contributed by atoms with Crippen LogP contribution in [0.15, 0.2) is 0 Å². The summed E-state index contributed by atoms with van der Waals surface area (Å²) in [7, 11) is 0. The molecule has 1 aliphatic heterocycles. The third kappa shape index (κ3) is 23.7. The molecule has 50 heavy (non-hydrogen) atoms. The molecule has 2 unspecified atom stereocenters. The smallest absolute Gasteiger partial charge is 0.220 e. The lowest BCUT2D eigenvalue weighted by Crippen LogP contribution is -2.60. The minimum absolute atomic E-state index is 0.132. The molecule has 1 amide bonds. The van der Waals surface area contributed by atoms with Crippen molar-refractivity contribution in [2.24, 2.45) is 0 Å². The highest BCUT2D eigenvalue weighted by molar-refractivity contribution is 5.76. The Kier molecular flexibility index (Phi) is 31.0. The molecule has 1 fully saturated rings. The summed E-state index contributed by atoms with van der Waals surface area (Å²) in [6.45, 7) is 3.82. The molecule has 0 aromatic carbocycles. The van der Waals surface area contributed by atoms with Crippen LogP contribution in [-0.2, 0) is 14.3 Å². The third-order valence-corrected chi connectivity index (χ3v) is 10.5. The molecule has 0 bridgehead atoms. The first-order chi connectivity index (χ1) is 24.3. The third-order valence-electron chi connectivity index (χ3n) is 10.5. The molecule has 0 saturated carbocycles. The number of rotatable bonds is 35. The van der Waals surface area contributed by atoms with E-state index in [0.717, 1.165) is 38.5 Å². The summed E-state index contributed by atoms with van der Waals surface area (Å²) in [5.74, 6) is -0.145. The van der Waals surface area contributed by atoms with E-state index in [0.29, 0.717) is 12.8 Å². The van der Waals surface area contributed by atoms with E-state index in [1.54, 1.807) is 0 Å². The van der Waals surface area contributed by atoms with E-state index in [2.05, 4.69) is 19.2 Å². The van der Waals surface area contributed by atoms with Gasteiger partial charge in [-0.3, -0.25) is 4.79 Å². The van der Waals surface area contributed by atoms with Gasteiger partial charge in [0.05, 0.1) is 25.4 Å². The maximum Gasteiger partial charge on any atom is 0.220 e. The Labute approximate surface area is 306 Å². The summed E-state index contributed by atoms with van der Waals surface area (Å²) < 4.78 is 11.2. The highest BCUT2D eigenvalue weighted by atomic mass is 16.7. The van der Waals surface area contributed by atoms with Crippen molar-refractivity contribution in [3.63, 3.8) is 0 Å². The van der Waals surface area contributed by atoms with E-state index in [4.69, 9.17) is 9.47 Å². The second-order valence-electron chi connectivity index (χ2n) is 15.1. The Morgan fingerprint density at radius 2 is 1.00 bits per heavy atom. The van der Waals surface area contributed by atoms with Crippen molar-refractivity contribution in [3.8, 4) is 0 Å². The van der Waals surface area contributed by atoms with E-state index < -0.39 is 49.5 Å². The predicted octanol–water partition coefficient (Wildman–Crippen LogP) is 8.00. The molecule has 9 heteroatoms. The van der Waals surface area contributed by atoms with Crippen molar-refractivity contribution in [2.75, 3.05) is 13.2 Å². The van der Waals surface area contributed by atoms with E-state index in [1.165, 1.54) is 135 Å². The van der Waals surface area contributed by atoms with Crippen LogP contribution in [-0.4, -0.2) is 87.5 Å². The van der Waals surface area contributed by atoms with Gasteiger partial charge in [0.25, 0.3) is 0 Å². The number of hydrogen-bond acceptors (Lipinski definition) is 8. The normalized spacial score (nSPS) is 22.1. The number of carbonyl (C=O) groups is 1. The van der Waals surface area contributed by atoms with Crippen molar-refractivity contribution in [3.05, 3.63) is 0 Å². The zero-order chi connectivity index (χ0) is 36.7. The van der Waals surface area contributed by atoms with Crippen molar-refractivity contribution < 1.29 is 39.8 Å². The monoisotopic (exact) mass is 716 g/mol. The largest absolute Gasteiger partial charge is 0.394 e. The van der Waals surface area contributed by atoms with Crippen LogP contribution >= 0.6 is 0 Å². The van der Waals surface area contributed by atoms with Gasteiger partial charge in [0.15, 0.2) is 6.29 Å². The molecule has 7 atom stereocenters. The molecule has 0 aromatic rings. The van der Waals surface area contributed by atoms with E-state index in [1.807, 2.05) is 0 Å². The van der Waals surface area contributed by atoms with Gasteiger partial charge in [-0.25, -0.2) is 0 Å². The average molecular weight is 716 g/mol. The molecule has 0 radical (unpaired) electrons. The van der Waals surface area contributed by atoms with Crippen LogP contribution in [0.3, 0.4) is 0 Å². The van der Waals surface area contributed by atoms with Crippen molar-refractivity contribution in [1.29, 1.82) is 0 Å². The molecule has 6 N–H and O–H groups in total. The summed E-state index contributed by atoms with van der Waals surface area (Å²) in [6, 6.07) is -0.709. The van der Waals surface area contributed by atoms with Gasteiger partial charge in [-0.1, -0.05) is 181 Å². The predicted molar refractivity (Wildman–Crippen MR) is 203 cm³/mol. The summed E-state index contributed by atoms with van der Waals surface area (Å²) >= 11 is 0. The van der Waals surface area contributed by atoms with E-state index in [-0.39, 0.29) is 12.5 Å². The minimum Gasteiger partial charge on any atom is -0.394 e. The lowest BCUT2D eigenvalue weighted by atomic mass is 9.99. The lowest BCUT2D eigenvalue weighted by molar-refractivity contribution is -0.302. The van der Waals surface area contributed by atoms with Gasteiger partial charge in [0, 0.05) is 6.42 Å². The SMILES string of the molecule is CCCCCCCCCCCCCCCCCCC[C@@H](O)[C@H](CO[C@@H]1O[C@H](CO)[C@@H](O)C(O)C1O)NC(=O)CCCCCCCCCCCC. The molecule has 1 rings (SSSR count). The van der Waals surface area contributed by atoms with Crippen LogP contribution in [0.1, 0.15) is 200 Å². The highest BCUT2D eigenvalue weighted by Gasteiger charge is 2.44. The molecule has 0 aliphatic carbocycles. The van der Waals surface area contributed by atoms with E-state index >= 15 is 0 Å². The van der Waals surface area contributed by atoms with Gasteiger partial charge in [0.1, 0.15) is 24.4 Å². The standard InChI is InChI=1S/C41H81NO8/c1-3-5-7-9-11-13-15-16-17-18-19-20-21-22-24-26-28-30-35(44)34(33-49-41-40(48)39(47)38(46)36(32-43)50-41)42-37(45)31-29-27-25-23-14-12-10-8-6-4-2/h34-36,38-41,43-44,46-48H,3-33H2,1-2H3,(H,42,45)/t34-,35+,36+,38+,39?,40?,41+/m0/s1. The Bertz CT molecular complexity index is 756. The molecule has 0 aromatic heterocycles. The first kappa shape index (κ1) is 47.2. The number of aliphatic hydroxyl groups excluding tert-OH is 5. The zero-order valence-corrected chi connectivity index (χ0v) is 32.4. The molecule has 9 nitrogen and oxygen atoms in total. The number of aliphatic hydroxyl groups is 5. The number of nitrogens with one attached hydrogen (secondary N) is 1. The number of carbonyl (C=O) groups excluding carboxylic acids is 1. The van der Waals surface area contributed by atoms with Gasteiger partial charge in [-0.2, -0.15) is 0 Å². The Morgan fingerprint density at radius 1 is 0.600 bits per heavy atom. The number of hydrogen-bond donors (Lipinski definition) is 6. The van der Waals surface area contributed by atoms with Crippen molar-refractivity contribution >= 4 is 5.91 Å². The number of amides is 1. The van der Waals surface area contributed by atoms with Crippen LogP contribution in [0.2, 0.25) is 0 Å². The topological polar surface area (TPSA) is 149 Å². The Balaban J connectivity index is 2.34. The Hall–Kier alpha value is -0.810. The second-order valence-corrected chi connectivity index (χ2v) is 15.1. The van der Waals surface area contributed by atoms with Crippen molar-refractivity contribution in [1.82, 2.24) is 5.32 Å². The second kappa shape index (κ2) is 32.8. The summed E-state index contributed by atoms with van der Waals surface area (Å²) in [4.78, 5) is 12.9. The van der Waals surface area contributed by atoms with Crippen LogP contribution < -0.4 is 5.32 Å². The molecule has 1 heterocycles. The van der Waals surface area contributed by atoms with Crippen molar-refractivity contribution in [2.45, 2.75) is 243 Å². The van der Waals surface area contributed by atoms with Gasteiger partial charge in [0.2, 0.25) is 5.91 Å². The fraction of sp³-hybridized carbons (Fsp3) is 0.976. The van der Waals surface area contributed by atoms with Crippen LogP contribution in [0.25, 0.3) is 0 Å². The van der Waals surface area contributed by atoms with Gasteiger partial charge in [-0.05, 0) is 12.8 Å². The summed E-state index contributed by atoms with van der Waals surface area (Å²) in [5, 5.41) is 54.1. The number of ether oxygens (including phenoxy) is 2. The molecule has 0 spiro atoms. The summed E-state index contributed by atoms with van der Waals surface area (Å²) in [6.07, 6.45) is 26.8. The maximum absolute atomic E-state index is 12.9. The first-order valence-corrected chi connectivity index (χ1v) is 21.2. The van der Waals surface area contributed by atoms with Gasteiger partial charge < -0.3 is 40.3 Å². The fourth-order valence-corrected chi connectivity index (χ4v) is 6.98. The van der Waals surface area contributed by atoms with Gasteiger partial charge >= 0.3 is 0 Å². The molecular formula is C41H81NO8. The summed E-state index contributed by atoms with van der Waals surface area (Å²) in [5.41, 5.74) is 0. The fourth-order valence-electron chi connectivity index (χ4n) is 6.98. The highest BCUT2D eigenvalue weighted by Crippen LogP contribution is 2.23. The van der Waals surface area contributed by atoms with Gasteiger partial charge in [-0.15, -0.1) is 0 Å². The quantitative estimate of drug-likeness (QED) is 0.0362. The number of unbranched alkanes of at least 4 members (excludes halogenated alkanes) is 25. The minimum atomic E-state index is -1.55. The first-order valence-electron chi connectivity index (χ1n) is 21.2. The lowest BCUT2D eigenvalue weighted by Gasteiger charge is -2.40. The average Bonchev–Trinajstić information content (AvgIpc) is 3.11. The van der Waals surface area contributed by atoms with Crippen LogP contribution in [0.4, 0.5) is 0 Å². The maximum atomic E-state index is 12.9. The van der Waals surface area contributed by atoms with Crippen LogP contribution in [0.5, 0.6) is 0 Å².